The summed E-state index contributed by atoms with van der Waals surface area (Å²) in [6.07, 6.45) is -2.55. The number of carbonyl (C=O) groups excluding carboxylic acids is 10. The minimum Gasteiger partial charge on any atom is -0.480 e. The van der Waals surface area contributed by atoms with E-state index in [1.807, 2.05) is 0 Å². The number of esters is 2. The van der Waals surface area contributed by atoms with Gasteiger partial charge in [-0.2, -0.15) is 0 Å². The Hall–Kier alpha value is -11.3. The number of hydrogen-bond donors (Lipinski definition) is 12. The fraction of sp³-hybridized carbons (Fsp3) is 0.472. The van der Waals surface area contributed by atoms with Crippen molar-refractivity contribution in [3.05, 3.63) is 119 Å². The lowest BCUT2D eigenvalue weighted by molar-refractivity contribution is -0.143. The van der Waals surface area contributed by atoms with Gasteiger partial charge in [-0.05, 0) is 225 Å². The second kappa shape index (κ2) is 41.5. The number of benzene rings is 4. The maximum atomic E-state index is 12.1. The third-order valence-corrected chi connectivity index (χ3v) is 11.6. The maximum absolute atomic E-state index is 12.1. The van der Waals surface area contributed by atoms with Gasteiger partial charge in [0, 0.05) is 58.9 Å². The number of aliphatic carboxylic acids is 4. The summed E-state index contributed by atoms with van der Waals surface area (Å²) in [5, 5.41) is 55.8. The van der Waals surface area contributed by atoms with Gasteiger partial charge in [0.15, 0.2) is 0 Å². The summed E-state index contributed by atoms with van der Waals surface area (Å²) in [7, 11) is 0. The highest BCUT2D eigenvalue weighted by Crippen LogP contribution is 2.20. The highest BCUT2D eigenvalue weighted by atomic mass is 16.6. The van der Waals surface area contributed by atoms with Crippen LogP contribution in [-0.2, 0) is 57.2 Å². The first kappa shape index (κ1) is 94.7. The van der Waals surface area contributed by atoms with Gasteiger partial charge < -0.3 is 70.1 Å². The maximum Gasteiger partial charge on any atom is 0.412 e. The van der Waals surface area contributed by atoms with Crippen molar-refractivity contribution in [2.75, 3.05) is 34.5 Å². The molecule has 0 fully saturated rings. The van der Waals surface area contributed by atoms with Gasteiger partial charge in [-0.1, -0.05) is 24.3 Å². The number of ether oxygens (including phenoxy) is 6. The molecule has 0 aliphatic carbocycles. The Morgan fingerprint density at radius 3 is 0.577 bits per heavy atom. The van der Waals surface area contributed by atoms with Gasteiger partial charge >= 0.3 is 60.2 Å². The van der Waals surface area contributed by atoms with E-state index in [1.165, 1.54) is 118 Å². The Bertz CT molecular complexity index is 3190. The largest absolute Gasteiger partial charge is 0.480 e. The molecule has 4 rings (SSSR count). The fourth-order valence-corrected chi connectivity index (χ4v) is 6.68. The van der Waals surface area contributed by atoms with Crippen LogP contribution in [0.5, 0.6) is 0 Å². The van der Waals surface area contributed by atoms with Crippen molar-refractivity contribution in [2.24, 2.45) is 0 Å². The zero-order chi connectivity index (χ0) is 81.3. The Balaban J connectivity index is 0. The smallest absolute Gasteiger partial charge is 0.412 e. The van der Waals surface area contributed by atoms with Gasteiger partial charge in [-0.3, -0.25) is 50.0 Å². The van der Waals surface area contributed by atoms with E-state index in [0.29, 0.717) is 36.0 Å². The summed E-state index contributed by atoms with van der Waals surface area (Å²) in [5.74, 6) is -7.20. The number of carbonyl (C=O) groups is 14. The van der Waals surface area contributed by atoms with Crippen LogP contribution in [0, 0.1) is 0 Å². The van der Waals surface area contributed by atoms with E-state index in [0.717, 1.165) is 0 Å². The van der Waals surface area contributed by atoms with Crippen molar-refractivity contribution in [1.29, 1.82) is 0 Å². The third-order valence-electron chi connectivity index (χ3n) is 11.6. The molecule has 32 nitrogen and oxygen atoms in total. The zero-order valence-electron chi connectivity index (χ0n) is 63.6. The number of anilines is 4. The van der Waals surface area contributed by atoms with Crippen LogP contribution in [0.4, 0.5) is 41.9 Å². The highest BCUT2D eigenvalue weighted by Gasteiger charge is 2.33. The van der Waals surface area contributed by atoms with Crippen molar-refractivity contribution in [2.45, 2.75) is 211 Å². The van der Waals surface area contributed by atoms with Crippen molar-refractivity contribution in [3.63, 3.8) is 0 Å². The SMILES string of the molecule is CC(C)(C)OC(=O)Nc1cccc(C(=O)NC(C)(C)C(=O)O)c1.CC(C)(C)OC(=O)Nc1cccc(C(=O)NC(C)(C)C(=O)O)c1.CC(C)(C)OC(=O)Nc1cccc(C(=O)NC(C)(C)C(=O)O)c1.CC(C)(C)OC(=O)Nc1cccc(C(=O)NC(C)(C)C(=O)O)c1.CCOC(C)=O.CCOC(C)=O. The molecular formula is C72H104N8O24. The van der Waals surface area contributed by atoms with E-state index in [4.69, 9.17) is 39.4 Å². The number of carboxylic acids is 4. The summed E-state index contributed by atoms with van der Waals surface area (Å²) in [4.78, 5) is 159. The lowest BCUT2D eigenvalue weighted by atomic mass is 10.1. The molecule has 0 saturated carbocycles. The van der Waals surface area contributed by atoms with Crippen LogP contribution < -0.4 is 42.5 Å². The molecule has 4 aromatic carbocycles. The average Bonchev–Trinajstić information content (AvgIpc) is 0.860. The monoisotopic (exact) mass is 1460 g/mol. The quantitative estimate of drug-likeness (QED) is 0.0325. The lowest BCUT2D eigenvalue weighted by Crippen LogP contribution is -2.49. The topological polar surface area (TPSA) is 472 Å². The molecule has 576 valence electrons. The van der Waals surface area contributed by atoms with Crippen molar-refractivity contribution in [3.8, 4) is 0 Å². The van der Waals surface area contributed by atoms with E-state index < -0.39 is 116 Å². The lowest BCUT2D eigenvalue weighted by Gasteiger charge is -2.21. The predicted molar refractivity (Wildman–Crippen MR) is 387 cm³/mol. The molecule has 8 amide bonds. The molecule has 0 aromatic heterocycles. The summed E-state index contributed by atoms with van der Waals surface area (Å²) in [6.45, 7) is 39.3. The predicted octanol–water partition coefficient (Wildman–Crippen LogP) is 11.6. The Kier molecular flexibility index (Phi) is 37.8. The second-order valence-electron chi connectivity index (χ2n) is 28.2. The molecule has 32 heteroatoms. The first-order valence-electron chi connectivity index (χ1n) is 32.1. The normalized spacial score (nSPS) is 11.1. The van der Waals surface area contributed by atoms with Crippen LogP contribution in [0.2, 0.25) is 0 Å². The molecule has 0 bridgehead atoms. The molecule has 0 aliphatic heterocycles. The van der Waals surface area contributed by atoms with Gasteiger partial charge in [-0.25, -0.2) is 38.4 Å². The second-order valence-corrected chi connectivity index (χ2v) is 28.2. The van der Waals surface area contributed by atoms with E-state index in [9.17, 15) is 67.1 Å². The van der Waals surface area contributed by atoms with Gasteiger partial charge in [0.25, 0.3) is 23.6 Å². The van der Waals surface area contributed by atoms with Gasteiger partial charge in [0.2, 0.25) is 0 Å². The molecule has 104 heavy (non-hydrogen) atoms. The molecule has 0 unspecified atom stereocenters. The van der Waals surface area contributed by atoms with Crippen molar-refractivity contribution < 1.29 is 116 Å². The standard InChI is InChI=1S/4C16H22N2O5.2C4H8O2/c4*1-15(2,3)23-14(22)17-11-8-6-7-10(9-11)12(19)18-16(4,5)13(20)21;2*1-3-6-4(2)5/h4*6-9H,1-5H3,(H,17,22)(H,18,19)(H,20,21);2*3H2,1-2H3. The van der Waals surface area contributed by atoms with Gasteiger partial charge in [0.1, 0.15) is 44.6 Å². The summed E-state index contributed by atoms with van der Waals surface area (Å²) < 4.78 is 29.3. The van der Waals surface area contributed by atoms with E-state index in [2.05, 4.69) is 52.0 Å². The molecule has 0 radical (unpaired) electrons. The summed E-state index contributed by atoms with van der Waals surface area (Å²) in [5.41, 5.74) is -5.71. The zero-order valence-corrected chi connectivity index (χ0v) is 63.6. The number of carboxylic acid groups (broad SMARTS) is 4. The van der Waals surface area contributed by atoms with Crippen LogP contribution in [-0.4, -0.2) is 162 Å². The van der Waals surface area contributed by atoms with Gasteiger partial charge in [0.05, 0.1) is 13.2 Å². The molecule has 4 aromatic rings. The molecule has 0 spiro atoms. The number of rotatable bonds is 18. The first-order chi connectivity index (χ1) is 47.2. The molecule has 0 heterocycles. The van der Waals surface area contributed by atoms with Crippen LogP contribution in [0.1, 0.15) is 208 Å². The van der Waals surface area contributed by atoms with E-state index >= 15 is 0 Å². The number of nitrogens with one attached hydrogen (secondary N) is 8. The molecule has 0 atom stereocenters. The van der Waals surface area contributed by atoms with Crippen LogP contribution in [0.15, 0.2) is 97.1 Å². The Morgan fingerprint density at radius 2 is 0.462 bits per heavy atom. The fourth-order valence-electron chi connectivity index (χ4n) is 6.68. The third kappa shape index (κ3) is 42.7. The number of hydrogen-bond acceptors (Lipinski definition) is 20. The molecule has 12 N–H and O–H groups in total. The van der Waals surface area contributed by atoms with Crippen LogP contribution in [0.25, 0.3) is 0 Å². The summed E-state index contributed by atoms with van der Waals surface area (Å²) >= 11 is 0. The average molecular weight is 1470 g/mol. The van der Waals surface area contributed by atoms with Crippen molar-refractivity contribution in [1.82, 2.24) is 21.3 Å². The van der Waals surface area contributed by atoms with Gasteiger partial charge in [-0.15, -0.1) is 0 Å². The number of amides is 8. The van der Waals surface area contributed by atoms with Crippen LogP contribution >= 0.6 is 0 Å². The Labute approximate surface area is 606 Å². The van der Waals surface area contributed by atoms with E-state index in [1.54, 1.807) is 145 Å². The summed E-state index contributed by atoms with van der Waals surface area (Å²) in [6, 6.07) is 24.6. The highest BCUT2D eigenvalue weighted by molar-refractivity contribution is 6.02. The molecular weight excluding hydrogens is 1360 g/mol. The minimum atomic E-state index is -1.40. The minimum absolute atomic E-state index is 0.211. The Morgan fingerprint density at radius 1 is 0.298 bits per heavy atom. The first-order valence-corrected chi connectivity index (χ1v) is 32.1. The molecule has 0 aliphatic rings. The van der Waals surface area contributed by atoms with E-state index in [-0.39, 0.29) is 34.2 Å². The van der Waals surface area contributed by atoms with Crippen molar-refractivity contribution >= 4 is 107 Å². The van der Waals surface area contributed by atoms with Crippen LogP contribution in [0.3, 0.4) is 0 Å². The molecule has 0 saturated heterocycles.